The molecule has 0 amide bonds. The summed E-state index contributed by atoms with van der Waals surface area (Å²) in [4.78, 5) is 6.60. The highest BCUT2D eigenvalue weighted by atomic mass is 32.8. The van der Waals surface area contributed by atoms with Gasteiger partial charge in [0.25, 0.3) is 0 Å². The van der Waals surface area contributed by atoms with Crippen molar-refractivity contribution in [3.8, 4) is 50.6 Å². The van der Waals surface area contributed by atoms with Gasteiger partial charge in [-0.1, -0.05) is 207 Å². The summed E-state index contributed by atoms with van der Waals surface area (Å²) in [5.41, 5.74) is 25.6. The van der Waals surface area contributed by atoms with E-state index in [4.69, 9.17) is 5.73 Å². The van der Waals surface area contributed by atoms with Gasteiger partial charge in [0, 0.05) is 106 Å². The van der Waals surface area contributed by atoms with Gasteiger partial charge in [-0.15, -0.1) is 0 Å². The molecule has 12 rings (SSSR count). The van der Waals surface area contributed by atoms with Crippen molar-refractivity contribution in [3.05, 3.63) is 266 Å². The van der Waals surface area contributed by atoms with E-state index in [1.807, 2.05) is 26.2 Å². The Morgan fingerprint density at radius 1 is 0.378 bits per heavy atom. The zero-order valence-electron chi connectivity index (χ0n) is 48.3. The van der Waals surface area contributed by atoms with Crippen LogP contribution in [0, 0.1) is 13.8 Å². The molecule has 0 heterocycles. The zero-order chi connectivity index (χ0) is 57.8. The number of rotatable bonds is 12. The number of benzene rings is 9. The number of hydrogen-bond donors (Lipinski definition) is 4. The summed E-state index contributed by atoms with van der Waals surface area (Å²) in [5.74, 6) is 1.04. The second-order valence-corrected chi connectivity index (χ2v) is 22.9. The molecule has 0 fully saturated rings. The highest BCUT2D eigenvalue weighted by Gasteiger charge is 2.45. The minimum Gasteiger partial charge on any atom is -0.508 e. The Bertz CT molecular complexity index is 3580. The molecule has 5 N–H and O–H groups in total. The summed E-state index contributed by atoms with van der Waals surface area (Å²) < 4.78 is 0. The number of aryl methyl sites for hydroxylation is 2. The smallest absolute Gasteiger partial charge is 0.124 e. The van der Waals surface area contributed by atoms with Gasteiger partial charge in [0.15, 0.2) is 0 Å². The van der Waals surface area contributed by atoms with Crippen molar-refractivity contribution >= 4 is 22.4 Å². The van der Waals surface area contributed by atoms with Crippen molar-refractivity contribution in [2.24, 2.45) is 5.73 Å². The Morgan fingerprint density at radius 3 is 1.11 bits per heavy atom. The van der Waals surface area contributed by atoms with Crippen LogP contribution < -0.4 is 5.73 Å². The Balaban J connectivity index is 0.000000234. The van der Waals surface area contributed by atoms with Crippen LogP contribution in [0.3, 0.4) is 0 Å². The molecule has 0 radical (unpaired) electrons. The highest BCUT2D eigenvalue weighted by molar-refractivity contribution is 8.07. The van der Waals surface area contributed by atoms with Crippen LogP contribution in [0.1, 0.15) is 101 Å². The molecule has 0 aromatic heterocycles. The standard InChI is InChI=1S/C47H46N2O2.C21H18O.C4H12N2.CH4.S2/c1-31-27-33(45(51)43(28-31)47(3)40-22-12-8-18-36(40)37-19-9-13-23-41(37)47)30-49(26-25-48(4)5)29-32-15-14-24-42(44(32)50)46(2)38-20-10-6-16-34(38)35-17-7-11-21-39(35)46;1-14-11-12-20(22)19(13-14)21(2)17-9-5-3-7-15(17)16-8-4-6-10-18(16)21;1-6(2)4-3-5;;1-2/h6-24,27-28,50-51H,25-26,29-30H2,1-5H3;3-13,22H,1-2H3;3-5H2,1-2H3;1H4;. The largest absolute Gasteiger partial charge is 0.508 e. The average Bonchev–Trinajstić information content (AvgIpc) is 2.01. The molecule has 422 valence electrons. The van der Waals surface area contributed by atoms with Crippen molar-refractivity contribution in [1.82, 2.24) is 14.7 Å². The molecular formula is C73H80N4O3S2. The van der Waals surface area contributed by atoms with Crippen LogP contribution in [-0.4, -0.2) is 84.4 Å². The topological polar surface area (TPSA) is 96.4 Å². The second-order valence-electron chi connectivity index (χ2n) is 22.9. The third-order valence-electron chi connectivity index (χ3n) is 17.1. The van der Waals surface area contributed by atoms with Crippen molar-refractivity contribution < 1.29 is 15.3 Å². The molecule has 9 aromatic rings. The third kappa shape index (κ3) is 11.1. The Hall–Kier alpha value is -7.34. The summed E-state index contributed by atoms with van der Waals surface area (Å²) in [6.07, 6.45) is 0. The van der Waals surface area contributed by atoms with E-state index in [1.165, 1.54) is 66.8 Å². The van der Waals surface area contributed by atoms with Crippen molar-refractivity contribution in [1.29, 1.82) is 0 Å². The van der Waals surface area contributed by atoms with Gasteiger partial charge in [-0.2, -0.15) is 0 Å². The lowest BCUT2D eigenvalue weighted by Crippen LogP contribution is -2.32. The molecule has 0 saturated heterocycles. The molecule has 7 nitrogen and oxygen atoms in total. The first kappa shape index (κ1) is 60.7. The molecule has 0 unspecified atom stereocenters. The number of phenols is 3. The van der Waals surface area contributed by atoms with Crippen molar-refractivity contribution in [2.75, 3.05) is 54.4 Å². The van der Waals surface area contributed by atoms with Gasteiger partial charge in [0.05, 0.1) is 0 Å². The second kappa shape index (κ2) is 25.4. The summed E-state index contributed by atoms with van der Waals surface area (Å²) in [6, 6.07) is 67.7. The maximum atomic E-state index is 12.3. The van der Waals surface area contributed by atoms with Gasteiger partial charge < -0.3 is 30.9 Å². The Morgan fingerprint density at radius 2 is 0.720 bits per heavy atom. The molecule has 0 aliphatic heterocycles. The molecule has 9 heteroatoms. The maximum absolute atomic E-state index is 12.3. The molecule has 0 bridgehead atoms. The van der Waals surface area contributed by atoms with Gasteiger partial charge in [-0.05, 0) is 136 Å². The van der Waals surface area contributed by atoms with E-state index in [9.17, 15) is 15.3 Å². The zero-order valence-corrected chi connectivity index (χ0v) is 49.9. The third-order valence-corrected chi connectivity index (χ3v) is 17.1. The first-order valence-electron chi connectivity index (χ1n) is 27.9. The van der Waals surface area contributed by atoms with Crippen LogP contribution in [0.4, 0.5) is 0 Å². The molecule has 0 spiro atoms. The summed E-state index contributed by atoms with van der Waals surface area (Å²) in [7, 11) is 8.19. The monoisotopic (exact) mass is 1120 g/mol. The number of aromatic hydroxyl groups is 3. The average molecular weight is 1130 g/mol. The summed E-state index contributed by atoms with van der Waals surface area (Å²) in [6.45, 7) is 15.3. The van der Waals surface area contributed by atoms with Crippen LogP contribution in [0.2, 0.25) is 0 Å². The lowest BCUT2D eigenvalue weighted by Gasteiger charge is -2.32. The lowest BCUT2D eigenvalue weighted by molar-refractivity contribution is 0.221. The number of phenolic OH excluding ortho intramolecular Hbond substituents is 3. The predicted molar refractivity (Wildman–Crippen MR) is 348 cm³/mol. The van der Waals surface area contributed by atoms with Crippen LogP contribution >= 0.6 is 0 Å². The highest BCUT2D eigenvalue weighted by Crippen LogP contribution is 2.57. The SMILES string of the molecule is C.CN(C)CCN.Cc1cc(CN(CCN(C)C)Cc2cccc(C3(C)c4ccccc4-c4ccccc43)c2O)c(O)c(C2(C)c3ccccc3-c3ccccc32)c1.Cc1ccc(O)c(C2(C)c3ccccc3-c3ccccc32)c1.S=S. The van der Waals surface area contributed by atoms with E-state index in [2.05, 4.69) is 262 Å². The Kier molecular flexibility index (Phi) is 18.8. The fraction of sp³-hybridized carbons (Fsp3) is 0.260. The van der Waals surface area contributed by atoms with Crippen LogP contribution in [0.25, 0.3) is 33.4 Å². The summed E-state index contributed by atoms with van der Waals surface area (Å²) >= 11 is 7.33. The molecule has 3 aliphatic carbocycles. The number of likely N-dealkylation sites (N-methyl/N-ethyl adjacent to an activating group) is 2. The fourth-order valence-electron chi connectivity index (χ4n) is 13.1. The van der Waals surface area contributed by atoms with Crippen molar-refractivity contribution in [3.63, 3.8) is 0 Å². The van der Waals surface area contributed by atoms with Gasteiger partial charge in [-0.3, -0.25) is 4.90 Å². The fourth-order valence-corrected chi connectivity index (χ4v) is 13.1. The molecule has 9 aromatic carbocycles. The van der Waals surface area contributed by atoms with E-state index in [1.54, 1.807) is 6.07 Å². The molecule has 0 saturated carbocycles. The van der Waals surface area contributed by atoms with Crippen LogP contribution in [0.5, 0.6) is 17.2 Å². The minimum atomic E-state index is -0.498. The van der Waals surface area contributed by atoms with Crippen LogP contribution in [-0.2, 0) is 51.7 Å². The number of nitrogens with zero attached hydrogens (tertiary/aromatic N) is 3. The molecule has 3 aliphatic rings. The van der Waals surface area contributed by atoms with Gasteiger partial charge in [-0.25, -0.2) is 0 Å². The van der Waals surface area contributed by atoms with Crippen molar-refractivity contribution in [2.45, 2.75) is 71.4 Å². The lowest BCUT2D eigenvalue weighted by atomic mass is 9.73. The quantitative estimate of drug-likeness (QED) is 0.0954. The van der Waals surface area contributed by atoms with E-state index in [-0.39, 0.29) is 12.8 Å². The number of fused-ring (bicyclic) bond motifs is 9. The van der Waals surface area contributed by atoms with E-state index >= 15 is 0 Å². The number of nitrogens with two attached hydrogens (primary N) is 1. The van der Waals surface area contributed by atoms with E-state index < -0.39 is 10.8 Å². The minimum absolute atomic E-state index is 0. The van der Waals surface area contributed by atoms with E-state index in [0.717, 1.165) is 65.1 Å². The molecule has 0 atom stereocenters. The van der Waals surface area contributed by atoms with Crippen LogP contribution in [0.15, 0.2) is 194 Å². The van der Waals surface area contributed by atoms with E-state index in [0.29, 0.717) is 30.3 Å². The number of hydrogen-bond acceptors (Lipinski definition) is 9. The van der Waals surface area contributed by atoms with Gasteiger partial charge in [0.2, 0.25) is 0 Å². The number of para-hydroxylation sites is 1. The van der Waals surface area contributed by atoms with Gasteiger partial charge >= 0.3 is 0 Å². The van der Waals surface area contributed by atoms with Gasteiger partial charge in [0.1, 0.15) is 17.2 Å². The molecule has 82 heavy (non-hydrogen) atoms. The normalized spacial score (nSPS) is 13.8. The molecular weight excluding hydrogens is 1040 g/mol. The maximum Gasteiger partial charge on any atom is 0.124 e. The predicted octanol–water partition coefficient (Wildman–Crippen LogP) is 14.8. The first-order valence-corrected chi connectivity index (χ1v) is 29.3. The first-order chi connectivity index (χ1) is 39.0. The summed E-state index contributed by atoms with van der Waals surface area (Å²) in [5, 5.41) is 34.9. The Labute approximate surface area is 498 Å².